The van der Waals surface area contributed by atoms with Crippen molar-refractivity contribution in [3.05, 3.63) is 119 Å². The van der Waals surface area contributed by atoms with Gasteiger partial charge < -0.3 is 14.4 Å². The van der Waals surface area contributed by atoms with E-state index < -0.39 is 18.6 Å². The average molecular weight is 846 g/mol. The van der Waals surface area contributed by atoms with Crippen LogP contribution in [0.5, 0.6) is 0 Å². The van der Waals surface area contributed by atoms with Gasteiger partial charge in [-0.05, 0) is 75.8 Å². The molecule has 4 heteroatoms. The van der Waals surface area contributed by atoms with Crippen molar-refractivity contribution in [1.82, 2.24) is 9.97 Å². The van der Waals surface area contributed by atoms with E-state index in [0.717, 1.165) is 40.5 Å². The van der Waals surface area contributed by atoms with Gasteiger partial charge in [0.05, 0.1) is 5.58 Å². The van der Waals surface area contributed by atoms with Crippen LogP contribution < -0.4 is 0 Å². The molecule has 0 spiro atoms. The first kappa shape index (κ1) is 31.2. The first-order chi connectivity index (χ1) is 24.9. The van der Waals surface area contributed by atoms with Crippen LogP contribution in [0.25, 0.3) is 44.5 Å². The van der Waals surface area contributed by atoms with E-state index in [4.69, 9.17) is 11.3 Å². The maximum atomic E-state index is 8.89. The van der Waals surface area contributed by atoms with Gasteiger partial charge in [0.2, 0.25) is 0 Å². The Bertz CT molecular complexity index is 2310. The molecule has 7 rings (SSSR count). The molecular weight excluding hydrogens is 789 g/mol. The summed E-state index contributed by atoms with van der Waals surface area (Å²) in [5.41, 5.74) is 7.76. The Labute approximate surface area is 320 Å². The molecule has 0 bridgehead atoms. The van der Waals surface area contributed by atoms with E-state index in [1.54, 1.807) is 26.8 Å². The molecule has 50 heavy (non-hydrogen) atoms. The number of hydrogen-bond donors (Lipinski definition) is 0. The Balaban J connectivity index is 0.000000286. The second-order valence-corrected chi connectivity index (χ2v) is 16.8. The number of furan rings is 1. The van der Waals surface area contributed by atoms with Crippen LogP contribution in [-0.4, -0.2) is 9.97 Å². The number of nitrogens with zero attached hydrogens (tertiary/aromatic N) is 2. The summed E-state index contributed by atoms with van der Waals surface area (Å²) < 4.78 is 48.6. The minimum atomic E-state index is -2.49. The molecule has 0 amide bonds. The number of fused-ring (bicyclic) bond motifs is 5. The van der Waals surface area contributed by atoms with Crippen LogP contribution in [0.4, 0.5) is 0 Å². The van der Waals surface area contributed by atoms with Crippen LogP contribution in [0.3, 0.4) is 0 Å². The SMILES string of the molecule is CC(C)(C)c1ccc(-c2[c-]cccc2)nc1.[2H]C([2H])([2H])c1cnc(-c2[c-]ccc3c2oc2c4c(ccc23)C(C)(C)CCC4(C)C)cc1C([2H])([2H])C(C)(C)C.[Ir]. The third-order valence-corrected chi connectivity index (χ3v) is 9.67. The van der Waals surface area contributed by atoms with E-state index >= 15 is 0 Å². The summed E-state index contributed by atoms with van der Waals surface area (Å²) in [4.78, 5) is 9.00. The fourth-order valence-electron chi connectivity index (χ4n) is 6.76. The minimum absolute atomic E-state index is 0. The number of aryl methyl sites for hydroxylation is 1. The molecule has 1 aliphatic carbocycles. The summed E-state index contributed by atoms with van der Waals surface area (Å²) in [7, 11) is 0. The van der Waals surface area contributed by atoms with Crippen LogP contribution in [0.2, 0.25) is 0 Å². The summed E-state index contributed by atoms with van der Waals surface area (Å²) in [6.07, 6.45) is 3.51. The number of hydrogen-bond acceptors (Lipinski definition) is 3. The normalized spacial score (nSPS) is 17.2. The van der Waals surface area contributed by atoms with E-state index in [0.29, 0.717) is 16.8 Å². The largest absolute Gasteiger partial charge is 0.500 e. The van der Waals surface area contributed by atoms with Crippen LogP contribution in [0, 0.1) is 24.4 Å². The number of pyridine rings is 2. The zero-order valence-corrected chi connectivity index (χ0v) is 33.5. The zero-order valence-electron chi connectivity index (χ0n) is 36.1. The summed E-state index contributed by atoms with van der Waals surface area (Å²) in [6.45, 7) is 18.5. The molecule has 0 aliphatic heterocycles. The van der Waals surface area contributed by atoms with Crippen LogP contribution >= 0.6 is 0 Å². The van der Waals surface area contributed by atoms with Gasteiger partial charge in [-0.25, -0.2) is 0 Å². The minimum Gasteiger partial charge on any atom is -0.500 e. The Morgan fingerprint density at radius 2 is 1.52 bits per heavy atom. The van der Waals surface area contributed by atoms with Gasteiger partial charge >= 0.3 is 0 Å². The molecule has 3 heterocycles. The van der Waals surface area contributed by atoms with Crippen molar-refractivity contribution in [1.29, 1.82) is 0 Å². The third-order valence-electron chi connectivity index (χ3n) is 9.67. The van der Waals surface area contributed by atoms with Gasteiger partial charge in [0.15, 0.2) is 0 Å². The van der Waals surface area contributed by atoms with Crippen molar-refractivity contribution in [2.45, 2.75) is 112 Å². The molecule has 0 saturated carbocycles. The first-order valence-corrected chi connectivity index (χ1v) is 17.3. The van der Waals surface area contributed by atoms with Gasteiger partial charge in [0.1, 0.15) is 5.58 Å². The molecule has 6 aromatic rings. The predicted octanol–water partition coefficient (Wildman–Crippen LogP) is 12.5. The molecule has 0 N–H and O–H groups in total. The standard InChI is InChI=1S/C31H36NO.C15H16N.Ir/c1-19-18-32-25(16-20(19)17-29(2,3)4)23-11-9-10-21-22-12-13-24-26(28(22)33-27(21)23)31(7,8)15-14-30(24,5)6;1-15(2,3)13-9-10-14(16-11-13)12-7-5-4-6-8-12;/h9-10,12-13,16,18H,14-15,17H2,1-8H3;4-7,9-11H,1-3H3;/q2*-1;/i1D3,17D2;;. The van der Waals surface area contributed by atoms with Crippen molar-refractivity contribution < 1.29 is 31.4 Å². The van der Waals surface area contributed by atoms with Gasteiger partial charge in [-0.2, -0.15) is 0 Å². The van der Waals surface area contributed by atoms with Crippen LogP contribution in [0.1, 0.15) is 117 Å². The Kier molecular flexibility index (Phi) is 8.63. The van der Waals surface area contributed by atoms with Gasteiger partial charge in [-0.15, -0.1) is 54.1 Å². The van der Waals surface area contributed by atoms with Crippen molar-refractivity contribution in [2.24, 2.45) is 5.41 Å². The molecule has 0 unspecified atom stereocenters. The first-order valence-electron chi connectivity index (χ1n) is 19.8. The van der Waals surface area contributed by atoms with Crippen LogP contribution in [-0.2, 0) is 42.7 Å². The molecule has 0 atom stereocenters. The van der Waals surface area contributed by atoms with Gasteiger partial charge in [-0.3, -0.25) is 0 Å². The van der Waals surface area contributed by atoms with Gasteiger partial charge in [0, 0.05) is 50.3 Å². The molecule has 1 radical (unpaired) electrons. The Hall–Kier alpha value is -3.59. The molecule has 0 saturated heterocycles. The molecule has 0 fully saturated rings. The van der Waals surface area contributed by atoms with Crippen molar-refractivity contribution in [3.8, 4) is 22.5 Å². The zero-order chi connectivity index (χ0) is 39.6. The number of benzene rings is 3. The Morgan fingerprint density at radius 3 is 2.16 bits per heavy atom. The van der Waals surface area contributed by atoms with E-state index in [1.165, 1.54) is 22.9 Å². The summed E-state index contributed by atoms with van der Waals surface area (Å²) in [5.74, 6) is 0. The Morgan fingerprint density at radius 1 is 0.800 bits per heavy atom. The van der Waals surface area contributed by atoms with Crippen molar-refractivity contribution in [2.75, 3.05) is 0 Å². The maximum absolute atomic E-state index is 8.89. The summed E-state index contributed by atoms with van der Waals surface area (Å²) in [6, 6.07) is 28.3. The summed E-state index contributed by atoms with van der Waals surface area (Å²) >= 11 is 0. The average Bonchev–Trinajstić information content (AvgIpc) is 3.48. The molecule has 1 aliphatic rings. The summed E-state index contributed by atoms with van der Waals surface area (Å²) in [5, 5.41) is 1.97. The molecule has 3 aromatic heterocycles. The molecular formula is C46H52IrN2O-2. The van der Waals surface area contributed by atoms with E-state index in [-0.39, 0.29) is 47.5 Å². The topological polar surface area (TPSA) is 38.9 Å². The smallest absolute Gasteiger partial charge is 0.124 e. The van der Waals surface area contributed by atoms with Crippen LogP contribution in [0.15, 0.2) is 83.5 Å². The monoisotopic (exact) mass is 846 g/mol. The molecule has 3 nitrogen and oxygen atoms in total. The van der Waals surface area contributed by atoms with Crippen molar-refractivity contribution >= 4 is 21.9 Å². The molecule has 3 aromatic carbocycles. The number of aromatic nitrogens is 2. The predicted molar refractivity (Wildman–Crippen MR) is 206 cm³/mol. The fourth-order valence-corrected chi connectivity index (χ4v) is 6.76. The van der Waals surface area contributed by atoms with Gasteiger partial charge in [-0.1, -0.05) is 116 Å². The van der Waals surface area contributed by atoms with Gasteiger partial charge in [0.25, 0.3) is 0 Å². The van der Waals surface area contributed by atoms with E-state index in [1.807, 2.05) is 42.6 Å². The fraction of sp³-hybridized carbons (Fsp3) is 0.391. The van der Waals surface area contributed by atoms with Crippen molar-refractivity contribution in [3.63, 3.8) is 0 Å². The van der Waals surface area contributed by atoms with E-state index in [2.05, 4.69) is 94.8 Å². The molecule has 263 valence electrons. The number of rotatable bonds is 3. The second-order valence-electron chi connectivity index (χ2n) is 16.8. The quantitative estimate of drug-likeness (QED) is 0.167. The maximum Gasteiger partial charge on any atom is 0.124 e. The third kappa shape index (κ3) is 7.68. The van der Waals surface area contributed by atoms with E-state index in [9.17, 15) is 0 Å². The second kappa shape index (κ2) is 13.9.